The molecule has 0 fully saturated rings. The van der Waals surface area contributed by atoms with Crippen LogP contribution in [0.15, 0.2) is 59.5 Å². The van der Waals surface area contributed by atoms with Gasteiger partial charge >= 0.3 is 0 Å². The Morgan fingerprint density at radius 2 is 1.71 bits per heavy atom. The molecule has 0 bridgehead atoms. The van der Waals surface area contributed by atoms with Crippen molar-refractivity contribution in [2.24, 2.45) is 0 Å². The lowest BCUT2D eigenvalue weighted by atomic mass is 10.2. The number of hydrogen-bond donors (Lipinski definition) is 1. The van der Waals surface area contributed by atoms with Crippen LogP contribution in [0.3, 0.4) is 0 Å². The lowest BCUT2D eigenvalue weighted by molar-refractivity contribution is -0.121. The molecule has 2 rings (SSSR count). The predicted molar refractivity (Wildman–Crippen MR) is 89.1 cm³/mol. The van der Waals surface area contributed by atoms with E-state index in [2.05, 4.69) is 5.32 Å². The lowest BCUT2D eigenvalue weighted by Gasteiger charge is -2.20. The summed E-state index contributed by atoms with van der Waals surface area (Å²) in [6.07, 6.45) is 0. The van der Waals surface area contributed by atoms with Crippen molar-refractivity contribution < 1.29 is 17.6 Å². The van der Waals surface area contributed by atoms with E-state index in [1.165, 1.54) is 12.1 Å². The Hall–Kier alpha value is -2.25. The molecule has 1 N–H and O–H groups in total. The molecule has 0 spiro atoms. The van der Waals surface area contributed by atoms with E-state index in [0.717, 1.165) is 22.0 Å². The highest BCUT2D eigenvalue weighted by molar-refractivity contribution is 7.89. The smallest absolute Gasteiger partial charge is 0.243 e. The number of benzene rings is 2. The maximum atomic E-state index is 13.0. The molecule has 24 heavy (non-hydrogen) atoms. The highest BCUT2D eigenvalue weighted by atomic mass is 32.2. The van der Waals surface area contributed by atoms with Gasteiger partial charge in [-0.1, -0.05) is 37.3 Å². The van der Waals surface area contributed by atoms with Crippen molar-refractivity contribution in [3.05, 3.63) is 66.0 Å². The number of nitrogens with zero attached hydrogens (tertiary/aromatic N) is 1. The molecular weight excluding hydrogens is 331 g/mol. The van der Waals surface area contributed by atoms with Gasteiger partial charge in [-0.3, -0.25) is 4.79 Å². The van der Waals surface area contributed by atoms with Gasteiger partial charge in [-0.05, 0) is 29.8 Å². The second-order valence-electron chi connectivity index (χ2n) is 5.15. The fraction of sp³-hybridized carbons (Fsp3) is 0.235. The number of sulfonamides is 1. The number of halogens is 1. The molecule has 0 aliphatic carbocycles. The van der Waals surface area contributed by atoms with Crippen LogP contribution >= 0.6 is 0 Å². The maximum Gasteiger partial charge on any atom is 0.243 e. The fourth-order valence-corrected chi connectivity index (χ4v) is 3.54. The molecule has 0 atom stereocenters. The Labute approximate surface area is 141 Å². The molecule has 0 aliphatic heterocycles. The van der Waals surface area contributed by atoms with E-state index < -0.39 is 21.7 Å². The average Bonchev–Trinajstić information content (AvgIpc) is 2.59. The third kappa shape index (κ3) is 4.62. The summed E-state index contributed by atoms with van der Waals surface area (Å²) >= 11 is 0. The van der Waals surface area contributed by atoms with Crippen LogP contribution in [0.2, 0.25) is 0 Å². The number of nitrogens with one attached hydrogen (secondary N) is 1. The monoisotopic (exact) mass is 350 g/mol. The SMILES string of the molecule is CCN(CC(=O)NCc1ccccc1)S(=O)(=O)c1ccc(F)cc1. The minimum absolute atomic E-state index is 0.0402. The number of rotatable bonds is 7. The Bertz CT molecular complexity index is 777. The van der Waals surface area contributed by atoms with E-state index in [1.54, 1.807) is 6.92 Å². The second-order valence-corrected chi connectivity index (χ2v) is 7.09. The third-order valence-corrected chi connectivity index (χ3v) is 5.39. The molecule has 128 valence electrons. The number of carbonyl (C=O) groups excluding carboxylic acids is 1. The summed E-state index contributed by atoms with van der Waals surface area (Å²) < 4.78 is 39.0. The Morgan fingerprint density at radius 3 is 2.29 bits per heavy atom. The van der Waals surface area contributed by atoms with Gasteiger partial charge in [0.2, 0.25) is 15.9 Å². The molecule has 0 aliphatic rings. The van der Waals surface area contributed by atoms with Crippen LogP contribution in [-0.2, 0) is 21.4 Å². The number of hydrogen-bond acceptors (Lipinski definition) is 3. The van der Waals surface area contributed by atoms with E-state index >= 15 is 0 Å². The van der Waals surface area contributed by atoms with Gasteiger partial charge in [-0.25, -0.2) is 12.8 Å². The molecule has 2 aromatic carbocycles. The van der Waals surface area contributed by atoms with Crippen molar-refractivity contribution in [1.82, 2.24) is 9.62 Å². The summed E-state index contributed by atoms with van der Waals surface area (Å²) in [6, 6.07) is 13.9. The molecule has 0 unspecified atom stereocenters. The van der Waals surface area contributed by atoms with Crippen molar-refractivity contribution in [3.8, 4) is 0 Å². The number of amides is 1. The lowest BCUT2D eigenvalue weighted by Crippen LogP contribution is -2.40. The summed E-state index contributed by atoms with van der Waals surface area (Å²) in [6.45, 7) is 1.82. The van der Waals surface area contributed by atoms with E-state index in [-0.39, 0.29) is 18.0 Å². The van der Waals surface area contributed by atoms with E-state index in [4.69, 9.17) is 0 Å². The first-order chi connectivity index (χ1) is 11.4. The Kier molecular flexibility index (Phi) is 6.05. The quantitative estimate of drug-likeness (QED) is 0.832. The Morgan fingerprint density at radius 1 is 1.08 bits per heavy atom. The van der Waals surface area contributed by atoms with Crippen molar-refractivity contribution >= 4 is 15.9 Å². The molecule has 7 heteroatoms. The molecule has 0 radical (unpaired) electrons. The van der Waals surface area contributed by atoms with Gasteiger partial charge in [0.1, 0.15) is 5.82 Å². The van der Waals surface area contributed by atoms with Gasteiger partial charge in [0.15, 0.2) is 0 Å². The van der Waals surface area contributed by atoms with Gasteiger partial charge < -0.3 is 5.32 Å². The zero-order valence-corrected chi connectivity index (χ0v) is 14.1. The van der Waals surface area contributed by atoms with Gasteiger partial charge in [0.05, 0.1) is 11.4 Å². The van der Waals surface area contributed by atoms with Gasteiger partial charge in [0, 0.05) is 13.1 Å². The average molecular weight is 350 g/mol. The minimum atomic E-state index is -3.84. The second kappa shape index (κ2) is 8.03. The van der Waals surface area contributed by atoms with Crippen LogP contribution in [-0.4, -0.2) is 31.7 Å². The van der Waals surface area contributed by atoms with E-state index in [9.17, 15) is 17.6 Å². The van der Waals surface area contributed by atoms with Gasteiger partial charge in [-0.15, -0.1) is 0 Å². The molecule has 0 heterocycles. The first-order valence-electron chi connectivity index (χ1n) is 7.50. The van der Waals surface area contributed by atoms with Crippen LogP contribution in [0.4, 0.5) is 4.39 Å². The van der Waals surface area contributed by atoms with Crippen molar-refractivity contribution in [2.45, 2.75) is 18.4 Å². The Balaban J connectivity index is 2.02. The first kappa shape index (κ1) is 18.1. The molecule has 1 amide bonds. The first-order valence-corrected chi connectivity index (χ1v) is 8.94. The molecule has 2 aromatic rings. The summed E-state index contributed by atoms with van der Waals surface area (Å²) in [5, 5.41) is 2.69. The predicted octanol–water partition coefficient (Wildman–Crippen LogP) is 2.15. The maximum absolute atomic E-state index is 13.0. The molecule has 0 saturated heterocycles. The summed E-state index contributed by atoms with van der Waals surface area (Å²) in [7, 11) is -3.84. The van der Waals surface area contributed by atoms with Crippen molar-refractivity contribution in [2.75, 3.05) is 13.1 Å². The highest BCUT2D eigenvalue weighted by Crippen LogP contribution is 2.15. The van der Waals surface area contributed by atoms with E-state index in [1.807, 2.05) is 30.3 Å². The molecule has 5 nitrogen and oxygen atoms in total. The standard InChI is InChI=1S/C17H19FN2O3S/c1-2-20(24(22,23)16-10-8-15(18)9-11-16)13-17(21)19-12-14-6-4-3-5-7-14/h3-11H,2,12-13H2,1H3,(H,19,21). The molecule has 0 aromatic heterocycles. The minimum Gasteiger partial charge on any atom is -0.351 e. The van der Waals surface area contributed by atoms with Crippen LogP contribution in [0.5, 0.6) is 0 Å². The van der Waals surface area contributed by atoms with Crippen LogP contribution < -0.4 is 5.32 Å². The highest BCUT2D eigenvalue weighted by Gasteiger charge is 2.25. The van der Waals surface area contributed by atoms with Crippen molar-refractivity contribution in [3.63, 3.8) is 0 Å². The number of likely N-dealkylation sites (N-methyl/N-ethyl adjacent to an activating group) is 1. The van der Waals surface area contributed by atoms with Crippen LogP contribution in [0, 0.1) is 5.82 Å². The van der Waals surface area contributed by atoms with E-state index in [0.29, 0.717) is 6.54 Å². The van der Waals surface area contributed by atoms with Gasteiger partial charge in [-0.2, -0.15) is 4.31 Å². The van der Waals surface area contributed by atoms with Crippen LogP contribution in [0.25, 0.3) is 0 Å². The summed E-state index contributed by atoms with van der Waals surface area (Å²) in [5.41, 5.74) is 0.926. The normalized spacial score (nSPS) is 11.5. The molecule has 0 saturated carbocycles. The fourth-order valence-electron chi connectivity index (χ4n) is 2.13. The third-order valence-electron chi connectivity index (χ3n) is 3.46. The zero-order valence-electron chi connectivity index (χ0n) is 13.3. The van der Waals surface area contributed by atoms with Gasteiger partial charge in [0.25, 0.3) is 0 Å². The summed E-state index contributed by atoms with van der Waals surface area (Å²) in [4.78, 5) is 12.0. The topological polar surface area (TPSA) is 66.5 Å². The zero-order chi connectivity index (χ0) is 17.6. The summed E-state index contributed by atoms with van der Waals surface area (Å²) in [5.74, 6) is -0.913. The largest absolute Gasteiger partial charge is 0.351 e. The number of carbonyl (C=O) groups is 1. The van der Waals surface area contributed by atoms with Crippen LogP contribution in [0.1, 0.15) is 12.5 Å². The molecular formula is C17H19FN2O3S. The van der Waals surface area contributed by atoms with Crippen molar-refractivity contribution in [1.29, 1.82) is 0 Å².